The second kappa shape index (κ2) is 12.0. The SMILES string of the molecule is CCOC(=O)c1noc2c(F)c(N3CC(C)OC(C)C3)c(CO[Si](c3ccccc3)(c3ccccc3)C(C)(C)C)cc12. The molecule has 9 heteroatoms. The second-order valence-corrected chi connectivity index (χ2v) is 16.2. The number of ether oxygens (including phenoxy) is 2. The highest BCUT2D eigenvalue weighted by Crippen LogP contribution is 2.40. The smallest absolute Gasteiger partial charge is 0.361 e. The van der Waals surface area contributed by atoms with E-state index in [9.17, 15) is 4.79 Å². The molecule has 4 aromatic rings. The van der Waals surface area contributed by atoms with Crippen LogP contribution < -0.4 is 15.3 Å². The first kappa shape index (κ1) is 29.9. The number of hydrogen-bond donors (Lipinski definition) is 0. The molecule has 2 unspecified atom stereocenters. The van der Waals surface area contributed by atoms with E-state index < -0.39 is 20.1 Å². The Labute approximate surface area is 247 Å². The summed E-state index contributed by atoms with van der Waals surface area (Å²) < 4.78 is 40.3. The Morgan fingerprint density at radius 3 is 2.12 bits per heavy atom. The van der Waals surface area contributed by atoms with Gasteiger partial charge in [-0.15, -0.1) is 0 Å². The van der Waals surface area contributed by atoms with Crippen LogP contribution in [0, 0.1) is 5.82 Å². The third-order valence-electron chi connectivity index (χ3n) is 7.82. The lowest BCUT2D eigenvalue weighted by molar-refractivity contribution is -0.00549. The van der Waals surface area contributed by atoms with E-state index in [1.54, 1.807) is 13.0 Å². The number of nitrogens with zero attached hydrogens (tertiary/aromatic N) is 2. The van der Waals surface area contributed by atoms with Crippen LogP contribution in [0.4, 0.5) is 10.1 Å². The average Bonchev–Trinajstić information content (AvgIpc) is 3.38. The summed E-state index contributed by atoms with van der Waals surface area (Å²) in [7, 11) is -2.94. The van der Waals surface area contributed by atoms with Gasteiger partial charge in [-0.1, -0.05) is 86.6 Å². The van der Waals surface area contributed by atoms with E-state index in [0.29, 0.717) is 24.3 Å². The van der Waals surface area contributed by atoms with Gasteiger partial charge in [0, 0.05) is 18.7 Å². The monoisotopic (exact) mass is 590 g/mol. The molecule has 7 nitrogen and oxygen atoms in total. The Kier molecular flexibility index (Phi) is 8.55. The number of esters is 1. The van der Waals surface area contributed by atoms with Crippen LogP contribution in [0.3, 0.4) is 0 Å². The third-order valence-corrected chi connectivity index (χ3v) is 12.8. The molecule has 0 N–H and O–H groups in total. The van der Waals surface area contributed by atoms with Crippen molar-refractivity contribution in [1.82, 2.24) is 5.16 Å². The Bertz CT molecular complexity index is 1490. The predicted molar refractivity (Wildman–Crippen MR) is 165 cm³/mol. The van der Waals surface area contributed by atoms with Crippen molar-refractivity contribution in [3.63, 3.8) is 0 Å². The van der Waals surface area contributed by atoms with Crippen molar-refractivity contribution in [2.45, 2.75) is 65.4 Å². The number of hydrogen-bond acceptors (Lipinski definition) is 7. The van der Waals surface area contributed by atoms with Gasteiger partial charge in [-0.05, 0) is 42.2 Å². The molecule has 222 valence electrons. The molecule has 3 aromatic carbocycles. The molecule has 5 rings (SSSR count). The molecule has 0 spiro atoms. The van der Waals surface area contributed by atoms with Crippen molar-refractivity contribution in [1.29, 1.82) is 0 Å². The molecule has 2 atom stereocenters. The highest BCUT2D eigenvalue weighted by Gasteiger charge is 2.50. The molecule has 1 aliphatic heterocycles. The van der Waals surface area contributed by atoms with Crippen LogP contribution in [0.25, 0.3) is 11.0 Å². The summed E-state index contributed by atoms with van der Waals surface area (Å²) in [5, 5.41) is 6.15. The van der Waals surface area contributed by atoms with Crippen molar-refractivity contribution in [2.75, 3.05) is 24.6 Å². The first-order valence-electron chi connectivity index (χ1n) is 14.5. The molecule has 0 aliphatic carbocycles. The average molecular weight is 591 g/mol. The lowest BCUT2D eigenvalue weighted by atomic mass is 10.1. The van der Waals surface area contributed by atoms with Gasteiger partial charge in [-0.2, -0.15) is 0 Å². The maximum Gasteiger partial charge on any atom is 0.361 e. The van der Waals surface area contributed by atoms with Crippen LogP contribution in [-0.2, 0) is 20.5 Å². The number of anilines is 1. The molecular weight excluding hydrogens is 551 g/mol. The van der Waals surface area contributed by atoms with E-state index >= 15 is 4.39 Å². The fourth-order valence-corrected chi connectivity index (χ4v) is 10.7. The van der Waals surface area contributed by atoms with Gasteiger partial charge in [-0.3, -0.25) is 0 Å². The van der Waals surface area contributed by atoms with E-state index in [1.807, 2.05) is 55.1 Å². The summed E-state index contributed by atoms with van der Waals surface area (Å²) in [6, 6.07) is 22.4. The number of rotatable bonds is 8. The lowest BCUT2D eigenvalue weighted by Crippen LogP contribution is -2.66. The molecule has 0 radical (unpaired) electrons. The van der Waals surface area contributed by atoms with E-state index in [2.05, 4.69) is 50.2 Å². The number of aromatic nitrogens is 1. The van der Waals surface area contributed by atoms with Crippen molar-refractivity contribution < 1.29 is 27.6 Å². The molecule has 1 fully saturated rings. The largest absolute Gasteiger partial charge is 0.461 e. The maximum atomic E-state index is 16.5. The zero-order chi connectivity index (χ0) is 30.1. The quantitative estimate of drug-likeness (QED) is 0.189. The number of carbonyl (C=O) groups is 1. The zero-order valence-electron chi connectivity index (χ0n) is 25.1. The molecule has 1 aliphatic rings. The highest BCUT2D eigenvalue weighted by atomic mass is 28.4. The fourth-order valence-electron chi connectivity index (χ4n) is 6.19. The van der Waals surface area contributed by atoms with Crippen molar-refractivity contribution in [2.24, 2.45) is 0 Å². The molecule has 42 heavy (non-hydrogen) atoms. The number of benzene rings is 3. The minimum Gasteiger partial charge on any atom is -0.461 e. The Morgan fingerprint density at radius 2 is 1.60 bits per heavy atom. The Hall–Kier alpha value is -3.53. The standard InChI is InChI=1S/C33H39FN2O5Si/c1-7-38-32(37)29-27-18-24(30(28(34)31(27)41-35-29)36-19-22(2)40-23(3)20-36)21-39-42(33(4,5)6,25-14-10-8-11-15-25)26-16-12-9-13-17-26/h8-18,22-23H,7,19-21H2,1-6H3. The summed E-state index contributed by atoms with van der Waals surface area (Å²) >= 11 is 0. The van der Waals surface area contributed by atoms with Crippen molar-refractivity contribution in [3.05, 3.63) is 83.8 Å². The van der Waals surface area contributed by atoms with Gasteiger partial charge in [-0.25, -0.2) is 9.18 Å². The van der Waals surface area contributed by atoms with Gasteiger partial charge < -0.3 is 23.3 Å². The van der Waals surface area contributed by atoms with Crippen molar-refractivity contribution in [3.8, 4) is 0 Å². The van der Waals surface area contributed by atoms with Gasteiger partial charge in [0.1, 0.15) is 0 Å². The molecule has 0 saturated carbocycles. The van der Waals surface area contributed by atoms with E-state index in [4.69, 9.17) is 18.4 Å². The van der Waals surface area contributed by atoms with Crippen LogP contribution in [0.15, 0.2) is 71.3 Å². The summed E-state index contributed by atoms with van der Waals surface area (Å²) in [5.74, 6) is -1.23. The van der Waals surface area contributed by atoms with Crippen molar-refractivity contribution >= 4 is 41.3 Å². The zero-order valence-corrected chi connectivity index (χ0v) is 26.1. The minimum atomic E-state index is -2.94. The normalized spacial score (nSPS) is 17.9. The van der Waals surface area contributed by atoms with E-state index in [0.717, 1.165) is 10.4 Å². The highest BCUT2D eigenvalue weighted by molar-refractivity contribution is 6.99. The van der Waals surface area contributed by atoms with Crippen LogP contribution in [-0.4, -0.2) is 51.3 Å². The van der Waals surface area contributed by atoms with E-state index in [1.165, 1.54) is 0 Å². The number of carbonyl (C=O) groups excluding carboxylic acids is 1. The molecule has 2 heterocycles. The Morgan fingerprint density at radius 1 is 1.02 bits per heavy atom. The molecule has 1 saturated heterocycles. The topological polar surface area (TPSA) is 74.0 Å². The number of halogens is 1. The maximum absolute atomic E-state index is 16.5. The molecule has 1 aromatic heterocycles. The van der Waals surface area contributed by atoms with Gasteiger partial charge in [0.2, 0.25) is 5.58 Å². The van der Waals surface area contributed by atoms with Crippen LogP contribution in [0.1, 0.15) is 57.6 Å². The first-order chi connectivity index (χ1) is 20.1. The lowest BCUT2D eigenvalue weighted by Gasteiger charge is -2.43. The molecule has 0 amide bonds. The van der Waals surface area contributed by atoms with Crippen LogP contribution in [0.5, 0.6) is 0 Å². The van der Waals surface area contributed by atoms with E-state index in [-0.39, 0.29) is 47.1 Å². The Balaban J connectivity index is 1.69. The summed E-state index contributed by atoms with van der Waals surface area (Å²) in [6.07, 6.45) is -0.196. The summed E-state index contributed by atoms with van der Waals surface area (Å²) in [6.45, 7) is 13.6. The van der Waals surface area contributed by atoms with Gasteiger partial charge >= 0.3 is 5.97 Å². The van der Waals surface area contributed by atoms with Crippen LogP contribution >= 0.6 is 0 Å². The fraction of sp³-hybridized carbons (Fsp3) is 0.394. The van der Waals surface area contributed by atoms with Gasteiger partial charge in [0.05, 0.1) is 36.5 Å². The number of morpholine rings is 1. The summed E-state index contributed by atoms with van der Waals surface area (Å²) in [4.78, 5) is 14.7. The number of fused-ring (bicyclic) bond motifs is 1. The minimum absolute atomic E-state index is 0.0484. The second-order valence-electron chi connectivity index (χ2n) is 11.9. The molecule has 0 bridgehead atoms. The van der Waals surface area contributed by atoms with Crippen LogP contribution in [0.2, 0.25) is 5.04 Å². The molecular formula is C33H39FN2O5Si. The first-order valence-corrected chi connectivity index (χ1v) is 16.4. The predicted octanol–water partition coefficient (Wildman–Crippen LogP) is 5.83. The van der Waals surface area contributed by atoms with Gasteiger partial charge in [0.15, 0.2) is 11.5 Å². The summed E-state index contributed by atoms with van der Waals surface area (Å²) in [5.41, 5.74) is 0.874. The third kappa shape index (κ3) is 5.48. The van der Waals surface area contributed by atoms with Gasteiger partial charge in [0.25, 0.3) is 8.32 Å².